The number of hydrogen-bond donors (Lipinski definition) is 0. The monoisotopic (exact) mass is 366 g/mol. The Morgan fingerprint density at radius 3 is 2.42 bits per heavy atom. The normalized spacial score (nSPS) is 19.6. The molecule has 0 amide bonds. The van der Waals surface area contributed by atoms with Crippen molar-refractivity contribution in [2.24, 2.45) is 5.16 Å². The smallest absolute Gasteiger partial charge is 0.369 e. The van der Waals surface area contributed by atoms with Crippen molar-refractivity contribution < 1.29 is 9.63 Å². The van der Waals surface area contributed by atoms with E-state index in [1.807, 2.05) is 24.4 Å². The Hall–Kier alpha value is -2.59. The Bertz CT molecular complexity index is 851. The van der Waals surface area contributed by atoms with E-state index in [2.05, 4.69) is 34.3 Å². The van der Waals surface area contributed by atoms with E-state index in [-0.39, 0.29) is 0 Å². The molecule has 0 aliphatic carbocycles. The fraction of sp³-hybridized carbons (Fsp3) is 0.238. The largest absolute Gasteiger partial charge is 0.377 e. The summed E-state index contributed by atoms with van der Waals surface area (Å²) in [5.74, 6) is 0.172. The van der Waals surface area contributed by atoms with Crippen LogP contribution in [0.1, 0.15) is 29.9 Å². The summed E-state index contributed by atoms with van der Waals surface area (Å²) in [6.45, 7) is 1.81. The second kappa shape index (κ2) is 7.34. The van der Waals surface area contributed by atoms with Gasteiger partial charge in [-0.1, -0.05) is 59.2 Å². The Morgan fingerprint density at radius 2 is 1.73 bits per heavy atom. The van der Waals surface area contributed by atoms with Gasteiger partial charge >= 0.3 is 5.97 Å². The summed E-state index contributed by atoms with van der Waals surface area (Å²) >= 11 is 5.94. The fourth-order valence-electron chi connectivity index (χ4n) is 3.48. The minimum Gasteiger partial charge on any atom is -0.377 e. The number of nitrogens with zero attached hydrogens (tertiary/aromatic N) is 2. The number of likely N-dealkylation sites (tertiary alicyclic amines) is 1. The molecule has 1 saturated heterocycles. The first kappa shape index (κ1) is 16.9. The number of oxime groups is 1. The summed E-state index contributed by atoms with van der Waals surface area (Å²) in [6, 6.07) is 17.9. The third-order valence-corrected chi connectivity index (χ3v) is 5.18. The van der Waals surface area contributed by atoms with E-state index >= 15 is 0 Å². The van der Waals surface area contributed by atoms with E-state index in [1.54, 1.807) is 12.1 Å². The molecule has 0 unspecified atom stereocenters. The van der Waals surface area contributed by atoms with Gasteiger partial charge in [0.05, 0.1) is 0 Å². The molecule has 0 atom stereocenters. The maximum Gasteiger partial charge on any atom is 0.369 e. The highest BCUT2D eigenvalue weighted by Gasteiger charge is 2.28. The number of hydrogen-bond acceptors (Lipinski definition) is 4. The van der Waals surface area contributed by atoms with E-state index in [4.69, 9.17) is 16.4 Å². The average molecular weight is 367 g/mol. The van der Waals surface area contributed by atoms with Gasteiger partial charge in [0.1, 0.15) is 11.3 Å². The maximum absolute atomic E-state index is 12.1. The number of rotatable bonds is 3. The zero-order valence-corrected chi connectivity index (χ0v) is 15.0. The molecule has 2 aliphatic heterocycles. The van der Waals surface area contributed by atoms with Crippen LogP contribution in [0.5, 0.6) is 0 Å². The summed E-state index contributed by atoms with van der Waals surface area (Å²) in [5.41, 5.74) is 3.29. The Kier molecular flexibility index (Phi) is 4.76. The van der Waals surface area contributed by atoms with Crippen molar-refractivity contribution >= 4 is 23.3 Å². The van der Waals surface area contributed by atoms with Crippen LogP contribution < -0.4 is 0 Å². The standard InChI is InChI=1S/C21H19ClN2O2/c22-18-8-6-17(7-9-18)20-19(21(25)26-23-20)14-24-12-10-16(11-13-24)15-4-2-1-3-5-15/h1-9,14,16H,10-13H2. The average Bonchev–Trinajstić information content (AvgIpc) is 3.04. The third-order valence-electron chi connectivity index (χ3n) is 4.92. The molecule has 4 rings (SSSR count). The van der Waals surface area contributed by atoms with Crippen LogP contribution in [-0.4, -0.2) is 29.7 Å². The minimum atomic E-state index is -0.403. The lowest BCUT2D eigenvalue weighted by Crippen LogP contribution is -2.30. The highest BCUT2D eigenvalue weighted by molar-refractivity contribution is 6.31. The lowest BCUT2D eigenvalue weighted by atomic mass is 9.89. The third kappa shape index (κ3) is 3.51. The molecule has 2 aromatic rings. The number of benzene rings is 2. The molecule has 4 nitrogen and oxygen atoms in total. The molecule has 26 heavy (non-hydrogen) atoms. The van der Waals surface area contributed by atoms with Crippen molar-refractivity contribution in [2.45, 2.75) is 18.8 Å². The van der Waals surface area contributed by atoms with Gasteiger partial charge in [-0.15, -0.1) is 0 Å². The molecule has 2 heterocycles. The summed E-state index contributed by atoms with van der Waals surface area (Å²) < 4.78 is 0. The number of piperidine rings is 1. The molecule has 0 bridgehead atoms. The minimum absolute atomic E-state index is 0.403. The van der Waals surface area contributed by atoms with Crippen molar-refractivity contribution in [2.75, 3.05) is 13.1 Å². The summed E-state index contributed by atoms with van der Waals surface area (Å²) in [5, 5.41) is 4.60. The maximum atomic E-state index is 12.1. The van der Waals surface area contributed by atoms with Crippen molar-refractivity contribution in [1.29, 1.82) is 0 Å². The number of halogens is 1. The molecule has 132 valence electrons. The van der Waals surface area contributed by atoms with E-state index in [0.717, 1.165) is 31.5 Å². The lowest BCUT2D eigenvalue weighted by Gasteiger charge is -2.31. The second-order valence-corrected chi connectivity index (χ2v) is 7.03. The van der Waals surface area contributed by atoms with Gasteiger partial charge in [0.25, 0.3) is 0 Å². The van der Waals surface area contributed by atoms with Gasteiger partial charge in [-0.3, -0.25) is 0 Å². The summed E-state index contributed by atoms with van der Waals surface area (Å²) in [7, 11) is 0. The first-order valence-electron chi connectivity index (χ1n) is 8.77. The van der Waals surface area contributed by atoms with E-state index in [1.165, 1.54) is 5.56 Å². The first-order chi connectivity index (χ1) is 12.7. The Labute approximate surface area is 157 Å². The van der Waals surface area contributed by atoms with Crippen LogP contribution in [0.2, 0.25) is 5.02 Å². The van der Waals surface area contributed by atoms with E-state index < -0.39 is 5.97 Å². The predicted octanol–water partition coefficient (Wildman–Crippen LogP) is 4.36. The summed E-state index contributed by atoms with van der Waals surface area (Å²) in [6.07, 6.45) is 4.02. The SMILES string of the molecule is O=C1ON=C(c2ccc(Cl)cc2)C1=CN1CCC(c2ccccc2)CC1. The van der Waals surface area contributed by atoms with Crippen LogP contribution in [0.4, 0.5) is 0 Å². The molecule has 2 aliphatic rings. The van der Waals surface area contributed by atoms with Crippen molar-refractivity contribution in [3.8, 4) is 0 Å². The Balaban J connectivity index is 1.48. The quantitative estimate of drug-likeness (QED) is 0.598. The first-order valence-corrected chi connectivity index (χ1v) is 9.15. The van der Waals surface area contributed by atoms with Crippen LogP contribution >= 0.6 is 11.6 Å². The van der Waals surface area contributed by atoms with Crippen LogP contribution in [0, 0.1) is 0 Å². The van der Waals surface area contributed by atoms with Crippen LogP contribution in [-0.2, 0) is 9.63 Å². The zero-order chi connectivity index (χ0) is 17.9. The fourth-order valence-corrected chi connectivity index (χ4v) is 3.61. The van der Waals surface area contributed by atoms with Gasteiger partial charge < -0.3 is 9.74 Å². The van der Waals surface area contributed by atoms with Gasteiger partial charge in [-0.2, -0.15) is 0 Å². The van der Waals surface area contributed by atoms with Crippen LogP contribution in [0.15, 0.2) is 71.5 Å². The predicted molar refractivity (Wildman–Crippen MR) is 102 cm³/mol. The Morgan fingerprint density at radius 1 is 1.04 bits per heavy atom. The number of carbonyl (C=O) groups excluding carboxylic acids is 1. The van der Waals surface area contributed by atoms with Gasteiger partial charge in [0.2, 0.25) is 0 Å². The molecule has 0 N–H and O–H groups in total. The molecule has 0 radical (unpaired) electrons. The molecule has 0 aromatic heterocycles. The summed E-state index contributed by atoms with van der Waals surface area (Å²) in [4.78, 5) is 19.2. The van der Waals surface area contributed by atoms with Gasteiger partial charge in [0.15, 0.2) is 0 Å². The molecule has 5 heteroatoms. The molecule has 0 saturated carbocycles. The lowest BCUT2D eigenvalue weighted by molar-refractivity contribution is -0.136. The van der Waals surface area contributed by atoms with E-state index in [0.29, 0.717) is 22.2 Å². The van der Waals surface area contributed by atoms with Crippen molar-refractivity contribution in [1.82, 2.24) is 4.90 Å². The van der Waals surface area contributed by atoms with Crippen molar-refractivity contribution in [3.05, 3.63) is 82.5 Å². The highest BCUT2D eigenvalue weighted by atomic mass is 35.5. The molecular weight excluding hydrogens is 348 g/mol. The van der Waals surface area contributed by atoms with Crippen LogP contribution in [0.25, 0.3) is 0 Å². The second-order valence-electron chi connectivity index (χ2n) is 6.59. The van der Waals surface area contributed by atoms with E-state index in [9.17, 15) is 4.79 Å². The van der Waals surface area contributed by atoms with Gasteiger partial charge in [-0.25, -0.2) is 4.79 Å². The van der Waals surface area contributed by atoms with Crippen molar-refractivity contribution in [3.63, 3.8) is 0 Å². The highest BCUT2D eigenvalue weighted by Crippen LogP contribution is 2.29. The topological polar surface area (TPSA) is 41.9 Å². The zero-order valence-electron chi connectivity index (χ0n) is 14.3. The van der Waals surface area contributed by atoms with Gasteiger partial charge in [-0.05, 0) is 36.5 Å². The molecule has 1 fully saturated rings. The van der Waals surface area contributed by atoms with Crippen LogP contribution in [0.3, 0.4) is 0 Å². The molecular formula is C21H19ClN2O2. The molecule has 0 spiro atoms. The molecule has 2 aromatic carbocycles. The number of carbonyl (C=O) groups is 1. The van der Waals surface area contributed by atoms with Gasteiger partial charge in [0, 0.05) is 29.9 Å².